The second kappa shape index (κ2) is 5.08. The monoisotopic (exact) mass is 352 g/mol. The van der Waals surface area contributed by atoms with Gasteiger partial charge in [0, 0.05) is 5.56 Å². The molecule has 0 saturated carbocycles. The van der Waals surface area contributed by atoms with Crippen LogP contribution in [0.5, 0.6) is 0 Å². The minimum atomic E-state index is 0.308. The van der Waals surface area contributed by atoms with Crippen LogP contribution in [-0.2, 0) is 0 Å². The van der Waals surface area contributed by atoms with Crippen molar-refractivity contribution < 1.29 is 0 Å². The maximum absolute atomic E-state index is 6.00. The van der Waals surface area contributed by atoms with Crippen molar-refractivity contribution in [2.45, 2.75) is 0 Å². The Morgan fingerprint density at radius 1 is 0.842 bits per heavy atom. The standard InChI is InChI=1S/C14H7BrCl2N2/c15-11-12(16)18-14(19-13(11)17)10-6-5-8-3-1-2-4-9(8)7-10/h1-7H. The normalized spacial score (nSPS) is 10.9. The number of fused-ring (bicyclic) bond motifs is 1. The van der Waals surface area contributed by atoms with Crippen molar-refractivity contribution in [2.24, 2.45) is 0 Å². The summed E-state index contributed by atoms with van der Waals surface area (Å²) in [5.74, 6) is 0.518. The highest BCUT2D eigenvalue weighted by atomic mass is 79.9. The van der Waals surface area contributed by atoms with E-state index in [9.17, 15) is 0 Å². The molecule has 0 radical (unpaired) electrons. The molecular weight excluding hydrogens is 347 g/mol. The van der Waals surface area contributed by atoms with Gasteiger partial charge in [0.2, 0.25) is 0 Å². The molecule has 0 aliphatic heterocycles. The molecule has 2 aromatic carbocycles. The van der Waals surface area contributed by atoms with Crippen molar-refractivity contribution in [3.8, 4) is 11.4 Å². The van der Waals surface area contributed by atoms with Crippen LogP contribution in [0.15, 0.2) is 46.9 Å². The van der Waals surface area contributed by atoms with Crippen molar-refractivity contribution in [1.82, 2.24) is 9.97 Å². The topological polar surface area (TPSA) is 25.8 Å². The quantitative estimate of drug-likeness (QED) is 0.550. The van der Waals surface area contributed by atoms with Gasteiger partial charge in [-0.25, -0.2) is 9.97 Å². The third-order valence-electron chi connectivity index (χ3n) is 2.78. The predicted octanol–water partition coefficient (Wildman–Crippen LogP) is 5.37. The first-order valence-corrected chi connectivity index (χ1v) is 7.08. The van der Waals surface area contributed by atoms with Crippen LogP contribution in [0.25, 0.3) is 22.2 Å². The molecule has 0 aliphatic rings. The van der Waals surface area contributed by atoms with Crippen LogP contribution in [0, 0.1) is 0 Å². The highest BCUT2D eigenvalue weighted by Gasteiger charge is 2.10. The fraction of sp³-hybridized carbons (Fsp3) is 0. The molecule has 0 atom stereocenters. The minimum absolute atomic E-state index is 0.308. The van der Waals surface area contributed by atoms with Gasteiger partial charge in [0.25, 0.3) is 0 Å². The number of nitrogens with zero attached hydrogens (tertiary/aromatic N) is 2. The Labute approximate surface area is 128 Å². The number of benzene rings is 2. The lowest BCUT2D eigenvalue weighted by atomic mass is 10.1. The molecule has 0 aliphatic carbocycles. The van der Waals surface area contributed by atoms with Gasteiger partial charge in [-0.05, 0) is 32.8 Å². The van der Waals surface area contributed by atoms with Crippen LogP contribution < -0.4 is 0 Å². The van der Waals surface area contributed by atoms with Gasteiger partial charge in [0.05, 0.1) is 4.47 Å². The fourth-order valence-electron chi connectivity index (χ4n) is 1.85. The average molecular weight is 354 g/mol. The molecule has 2 nitrogen and oxygen atoms in total. The molecule has 0 amide bonds. The number of hydrogen-bond donors (Lipinski definition) is 0. The molecule has 0 saturated heterocycles. The molecule has 0 unspecified atom stereocenters. The number of aromatic nitrogens is 2. The second-order valence-electron chi connectivity index (χ2n) is 4.00. The summed E-state index contributed by atoms with van der Waals surface area (Å²) >= 11 is 15.2. The maximum atomic E-state index is 6.00. The van der Waals surface area contributed by atoms with Gasteiger partial charge in [-0.2, -0.15) is 0 Å². The number of hydrogen-bond acceptors (Lipinski definition) is 2. The molecule has 0 N–H and O–H groups in total. The van der Waals surface area contributed by atoms with E-state index in [1.165, 1.54) is 5.39 Å². The first kappa shape index (κ1) is 12.9. The molecule has 3 rings (SSSR count). The van der Waals surface area contributed by atoms with Crippen LogP contribution in [-0.4, -0.2) is 9.97 Å². The molecule has 1 aromatic heterocycles. The Bertz CT molecular complexity index is 751. The van der Waals surface area contributed by atoms with Crippen LogP contribution in [0.1, 0.15) is 0 Å². The first-order chi connectivity index (χ1) is 9.15. The summed E-state index contributed by atoms with van der Waals surface area (Å²) in [6.07, 6.45) is 0. The van der Waals surface area contributed by atoms with Crippen molar-refractivity contribution >= 4 is 49.9 Å². The van der Waals surface area contributed by atoms with E-state index in [2.05, 4.69) is 32.0 Å². The molecule has 0 fully saturated rings. The largest absolute Gasteiger partial charge is 0.215 e. The Hall–Kier alpha value is -1.16. The molecular formula is C14H7BrCl2N2. The van der Waals surface area contributed by atoms with E-state index >= 15 is 0 Å². The van der Waals surface area contributed by atoms with E-state index < -0.39 is 0 Å². The maximum Gasteiger partial charge on any atom is 0.162 e. The molecule has 3 aromatic rings. The highest BCUT2D eigenvalue weighted by molar-refractivity contribution is 9.10. The number of halogens is 3. The van der Waals surface area contributed by atoms with E-state index in [1.807, 2.05) is 36.4 Å². The lowest BCUT2D eigenvalue weighted by molar-refractivity contribution is 1.16. The molecule has 0 bridgehead atoms. The van der Waals surface area contributed by atoms with Gasteiger partial charge in [0.1, 0.15) is 10.3 Å². The van der Waals surface area contributed by atoms with E-state index in [0.717, 1.165) is 10.9 Å². The summed E-state index contributed by atoms with van der Waals surface area (Å²) < 4.78 is 0.514. The lowest BCUT2D eigenvalue weighted by Crippen LogP contribution is -1.92. The second-order valence-corrected chi connectivity index (χ2v) is 5.51. The summed E-state index contributed by atoms with van der Waals surface area (Å²) in [5.41, 5.74) is 0.884. The molecule has 1 heterocycles. The third-order valence-corrected chi connectivity index (χ3v) is 4.53. The average Bonchev–Trinajstić information content (AvgIpc) is 2.43. The third kappa shape index (κ3) is 2.46. The summed E-state index contributed by atoms with van der Waals surface area (Å²) in [5, 5.41) is 2.91. The lowest BCUT2D eigenvalue weighted by Gasteiger charge is -2.05. The molecule has 19 heavy (non-hydrogen) atoms. The van der Waals surface area contributed by atoms with E-state index in [-0.39, 0.29) is 0 Å². The van der Waals surface area contributed by atoms with Crippen LogP contribution >= 0.6 is 39.1 Å². The zero-order chi connectivity index (χ0) is 13.4. The van der Waals surface area contributed by atoms with Gasteiger partial charge < -0.3 is 0 Å². The smallest absolute Gasteiger partial charge is 0.162 e. The van der Waals surface area contributed by atoms with E-state index in [0.29, 0.717) is 20.6 Å². The van der Waals surface area contributed by atoms with Crippen LogP contribution in [0.2, 0.25) is 10.3 Å². The van der Waals surface area contributed by atoms with Gasteiger partial charge in [0.15, 0.2) is 5.82 Å². The van der Waals surface area contributed by atoms with Crippen LogP contribution in [0.4, 0.5) is 0 Å². The van der Waals surface area contributed by atoms with Crippen LogP contribution in [0.3, 0.4) is 0 Å². The number of rotatable bonds is 1. The van der Waals surface area contributed by atoms with Crippen molar-refractivity contribution in [1.29, 1.82) is 0 Å². The minimum Gasteiger partial charge on any atom is -0.215 e. The molecule has 0 spiro atoms. The highest BCUT2D eigenvalue weighted by Crippen LogP contribution is 2.30. The van der Waals surface area contributed by atoms with Gasteiger partial charge in [-0.1, -0.05) is 59.6 Å². The van der Waals surface area contributed by atoms with Crippen molar-refractivity contribution in [2.75, 3.05) is 0 Å². The first-order valence-electron chi connectivity index (χ1n) is 5.53. The van der Waals surface area contributed by atoms with E-state index in [4.69, 9.17) is 23.2 Å². The molecule has 5 heteroatoms. The summed E-state index contributed by atoms with van der Waals surface area (Å²) in [7, 11) is 0. The van der Waals surface area contributed by atoms with Crippen molar-refractivity contribution in [3.63, 3.8) is 0 Å². The van der Waals surface area contributed by atoms with Crippen molar-refractivity contribution in [3.05, 3.63) is 57.2 Å². The predicted molar refractivity (Wildman–Crippen MR) is 82.7 cm³/mol. The van der Waals surface area contributed by atoms with E-state index in [1.54, 1.807) is 0 Å². The summed E-state index contributed by atoms with van der Waals surface area (Å²) in [6, 6.07) is 14.1. The Balaban J connectivity index is 2.19. The SMILES string of the molecule is Clc1nc(-c2ccc3ccccc3c2)nc(Cl)c1Br. The molecule has 94 valence electrons. The van der Waals surface area contributed by atoms with Gasteiger partial charge in [-0.15, -0.1) is 0 Å². The van der Waals surface area contributed by atoms with Gasteiger partial charge in [-0.3, -0.25) is 0 Å². The van der Waals surface area contributed by atoms with Gasteiger partial charge >= 0.3 is 0 Å². The fourth-order valence-corrected chi connectivity index (χ4v) is 2.42. The Kier molecular flexibility index (Phi) is 3.44. The summed E-state index contributed by atoms with van der Waals surface area (Å²) in [6.45, 7) is 0. The summed E-state index contributed by atoms with van der Waals surface area (Å²) in [4.78, 5) is 8.47. The zero-order valence-electron chi connectivity index (χ0n) is 9.57. The Morgan fingerprint density at radius 2 is 1.47 bits per heavy atom. The zero-order valence-corrected chi connectivity index (χ0v) is 12.7. The Morgan fingerprint density at radius 3 is 2.16 bits per heavy atom.